The van der Waals surface area contributed by atoms with E-state index >= 15 is 0 Å². The van der Waals surface area contributed by atoms with Gasteiger partial charge in [-0.15, -0.1) is 0 Å². The average molecular weight is 307 g/mol. The Morgan fingerprint density at radius 1 is 1.09 bits per heavy atom. The van der Waals surface area contributed by atoms with Gasteiger partial charge in [0.05, 0.1) is 18.6 Å². The lowest BCUT2D eigenvalue weighted by molar-refractivity contribution is 0.305. The third-order valence-electron chi connectivity index (χ3n) is 4.17. The molecule has 2 aromatic rings. The maximum absolute atomic E-state index is 9.50. The van der Waals surface area contributed by atoms with E-state index in [4.69, 9.17) is 4.74 Å². The molecule has 0 radical (unpaired) electrons. The van der Waals surface area contributed by atoms with Crippen LogP contribution in [0, 0.1) is 25.2 Å². The maximum atomic E-state index is 9.50. The van der Waals surface area contributed by atoms with Gasteiger partial charge in [0.1, 0.15) is 5.75 Å². The van der Waals surface area contributed by atoms with Crippen LogP contribution in [-0.4, -0.2) is 6.61 Å². The fourth-order valence-corrected chi connectivity index (χ4v) is 2.68. The Morgan fingerprint density at radius 3 is 2.57 bits per heavy atom. The zero-order chi connectivity index (χ0) is 16.8. The zero-order valence-electron chi connectivity index (χ0n) is 14.5. The van der Waals surface area contributed by atoms with E-state index in [1.54, 1.807) is 0 Å². The van der Waals surface area contributed by atoms with Crippen molar-refractivity contribution in [2.45, 2.75) is 46.0 Å². The smallest absolute Gasteiger partial charge is 0.119 e. The summed E-state index contributed by atoms with van der Waals surface area (Å²) in [5.74, 6) is 1.25. The Balaban J connectivity index is 2.00. The second kappa shape index (κ2) is 7.83. The van der Waals surface area contributed by atoms with Gasteiger partial charge in [-0.25, -0.2) is 0 Å². The highest BCUT2D eigenvalue weighted by Crippen LogP contribution is 2.25. The van der Waals surface area contributed by atoms with Gasteiger partial charge in [-0.3, -0.25) is 0 Å². The van der Waals surface area contributed by atoms with E-state index in [9.17, 15) is 5.26 Å². The maximum Gasteiger partial charge on any atom is 0.119 e. The molecule has 0 bridgehead atoms. The van der Waals surface area contributed by atoms with Crippen molar-refractivity contribution in [2.24, 2.45) is 0 Å². The first-order chi connectivity index (χ1) is 11.0. The Morgan fingerprint density at radius 2 is 1.87 bits per heavy atom. The number of benzene rings is 2. The molecule has 0 spiro atoms. The molecule has 120 valence electrons. The standard InChI is InChI=1S/C21H25NO/c1-15(2)18-6-5-7-20(13-18)23-11-10-19(14-22)21-12-16(3)8-9-17(21)4/h5-9,12-13,15,19H,10-11H2,1-4H3. The van der Waals surface area contributed by atoms with Crippen LogP contribution in [0.2, 0.25) is 0 Å². The lowest BCUT2D eigenvalue weighted by Gasteiger charge is -2.15. The van der Waals surface area contributed by atoms with Crippen molar-refractivity contribution in [1.29, 1.82) is 5.26 Å². The highest BCUT2D eigenvalue weighted by Gasteiger charge is 2.13. The number of nitriles is 1. The molecule has 0 amide bonds. The van der Waals surface area contributed by atoms with Crippen molar-refractivity contribution in [3.05, 3.63) is 64.7 Å². The van der Waals surface area contributed by atoms with Gasteiger partial charge in [-0.2, -0.15) is 5.26 Å². The molecule has 2 heteroatoms. The molecule has 0 saturated carbocycles. The molecule has 2 nitrogen and oxygen atoms in total. The van der Waals surface area contributed by atoms with E-state index in [-0.39, 0.29) is 5.92 Å². The zero-order valence-corrected chi connectivity index (χ0v) is 14.5. The van der Waals surface area contributed by atoms with Crippen molar-refractivity contribution in [2.75, 3.05) is 6.61 Å². The molecular formula is C21H25NO. The summed E-state index contributed by atoms with van der Waals surface area (Å²) in [5, 5.41) is 9.50. The minimum atomic E-state index is -0.122. The van der Waals surface area contributed by atoms with Crippen molar-refractivity contribution >= 4 is 0 Å². The second-order valence-corrected chi connectivity index (χ2v) is 6.41. The van der Waals surface area contributed by atoms with Crippen LogP contribution in [0.15, 0.2) is 42.5 Å². The van der Waals surface area contributed by atoms with Gasteiger partial charge in [0.15, 0.2) is 0 Å². The first kappa shape index (κ1) is 17.1. The Hall–Kier alpha value is -2.27. The van der Waals surface area contributed by atoms with Gasteiger partial charge in [0.25, 0.3) is 0 Å². The lowest BCUT2D eigenvalue weighted by atomic mass is 9.92. The van der Waals surface area contributed by atoms with E-state index < -0.39 is 0 Å². The van der Waals surface area contributed by atoms with Crippen LogP contribution in [0.4, 0.5) is 0 Å². The number of hydrogen-bond donors (Lipinski definition) is 0. The molecule has 0 heterocycles. The third kappa shape index (κ3) is 4.60. The van der Waals surface area contributed by atoms with Crippen LogP contribution >= 0.6 is 0 Å². The van der Waals surface area contributed by atoms with Crippen LogP contribution in [-0.2, 0) is 0 Å². The van der Waals surface area contributed by atoms with Crippen LogP contribution in [0.3, 0.4) is 0 Å². The molecular weight excluding hydrogens is 282 g/mol. The number of nitrogens with zero attached hydrogens (tertiary/aromatic N) is 1. The summed E-state index contributed by atoms with van der Waals surface area (Å²) in [6.07, 6.45) is 0.701. The van der Waals surface area contributed by atoms with E-state index in [1.165, 1.54) is 16.7 Å². The summed E-state index contributed by atoms with van der Waals surface area (Å²) in [6, 6.07) is 16.9. The molecule has 0 fully saturated rings. The summed E-state index contributed by atoms with van der Waals surface area (Å²) < 4.78 is 5.87. The van der Waals surface area contributed by atoms with Gasteiger partial charge < -0.3 is 4.74 Å². The van der Waals surface area contributed by atoms with Gasteiger partial charge in [-0.1, -0.05) is 49.7 Å². The van der Waals surface area contributed by atoms with E-state index in [1.807, 2.05) is 12.1 Å². The number of ether oxygens (including phenoxy) is 1. The van der Waals surface area contributed by atoms with Crippen molar-refractivity contribution in [1.82, 2.24) is 0 Å². The molecule has 1 unspecified atom stereocenters. The van der Waals surface area contributed by atoms with Crippen molar-refractivity contribution < 1.29 is 4.74 Å². The second-order valence-electron chi connectivity index (χ2n) is 6.41. The largest absolute Gasteiger partial charge is 0.494 e. The number of aryl methyl sites for hydroxylation is 2. The fraction of sp³-hybridized carbons (Fsp3) is 0.381. The highest BCUT2D eigenvalue weighted by molar-refractivity contribution is 5.36. The predicted octanol–water partition coefficient (Wildman–Crippen LogP) is 5.50. The van der Waals surface area contributed by atoms with Crippen LogP contribution in [0.25, 0.3) is 0 Å². The lowest BCUT2D eigenvalue weighted by Crippen LogP contribution is -2.06. The fourth-order valence-electron chi connectivity index (χ4n) is 2.68. The minimum Gasteiger partial charge on any atom is -0.494 e. The average Bonchev–Trinajstić information content (AvgIpc) is 2.54. The molecule has 2 rings (SSSR count). The van der Waals surface area contributed by atoms with Crippen molar-refractivity contribution in [3.8, 4) is 11.8 Å². The summed E-state index contributed by atoms with van der Waals surface area (Å²) in [6.45, 7) is 9.02. The molecule has 0 saturated heterocycles. The number of rotatable bonds is 6. The monoisotopic (exact) mass is 307 g/mol. The predicted molar refractivity (Wildman–Crippen MR) is 94.9 cm³/mol. The Bertz CT molecular complexity index is 697. The molecule has 2 aromatic carbocycles. The summed E-state index contributed by atoms with van der Waals surface area (Å²) in [5.41, 5.74) is 4.75. The van der Waals surface area contributed by atoms with E-state index in [0.29, 0.717) is 18.9 Å². The molecule has 0 aromatic heterocycles. The van der Waals surface area contributed by atoms with Crippen molar-refractivity contribution in [3.63, 3.8) is 0 Å². The van der Waals surface area contributed by atoms with Crippen LogP contribution in [0.5, 0.6) is 5.75 Å². The first-order valence-corrected chi connectivity index (χ1v) is 8.20. The molecule has 0 N–H and O–H groups in total. The van der Waals surface area contributed by atoms with Gasteiger partial charge in [0.2, 0.25) is 0 Å². The summed E-state index contributed by atoms with van der Waals surface area (Å²) >= 11 is 0. The molecule has 1 atom stereocenters. The molecule has 23 heavy (non-hydrogen) atoms. The van der Waals surface area contributed by atoms with Gasteiger partial charge in [0, 0.05) is 6.42 Å². The normalized spacial score (nSPS) is 12.0. The molecule has 0 aliphatic rings. The summed E-state index contributed by atoms with van der Waals surface area (Å²) in [4.78, 5) is 0. The third-order valence-corrected chi connectivity index (χ3v) is 4.17. The van der Waals surface area contributed by atoms with Crippen LogP contribution in [0.1, 0.15) is 54.4 Å². The SMILES string of the molecule is Cc1ccc(C)c(C(C#N)CCOc2cccc(C(C)C)c2)c1. The number of hydrogen-bond acceptors (Lipinski definition) is 2. The first-order valence-electron chi connectivity index (χ1n) is 8.20. The van der Waals surface area contributed by atoms with E-state index in [2.05, 4.69) is 64.1 Å². The quantitative estimate of drug-likeness (QED) is 0.705. The minimum absolute atomic E-state index is 0.122. The highest BCUT2D eigenvalue weighted by atomic mass is 16.5. The Kier molecular flexibility index (Phi) is 5.82. The summed E-state index contributed by atoms with van der Waals surface area (Å²) in [7, 11) is 0. The van der Waals surface area contributed by atoms with Gasteiger partial charge >= 0.3 is 0 Å². The molecule has 0 aliphatic heterocycles. The molecule has 0 aliphatic carbocycles. The van der Waals surface area contributed by atoms with E-state index in [0.717, 1.165) is 11.3 Å². The Labute approximate surface area is 139 Å². The van der Waals surface area contributed by atoms with Gasteiger partial charge in [-0.05, 0) is 48.6 Å². The topological polar surface area (TPSA) is 33.0 Å². The van der Waals surface area contributed by atoms with Crippen LogP contribution < -0.4 is 4.74 Å².